The fraction of sp³-hybridized carbons (Fsp3) is 0.350. The molecule has 1 heterocycles. The van der Waals surface area contributed by atoms with E-state index in [1.807, 2.05) is 47.4 Å². The summed E-state index contributed by atoms with van der Waals surface area (Å²) in [5.74, 6) is 1.32. The van der Waals surface area contributed by atoms with E-state index in [-0.39, 0.29) is 11.9 Å². The molecular weight excluding hydrogens is 300 g/mol. The predicted octanol–water partition coefficient (Wildman–Crippen LogP) is 2.73. The molecule has 0 spiro atoms. The van der Waals surface area contributed by atoms with Crippen molar-refractivity contribution in [3.05, 3.63) is 65.7 Å². The van der Waals surface area contributed by atoms with Crippen LogP contribution in [0.4, 0.5) is 0 Å². The van der Waals surface area contributed by atoms with Crippen molar-refractivity contribution in [1.29, 1.82) is 0 Å². The lowest BCUT2D eigenvalue weighted by Gasteiger charge is -2.36. The van der Waals surface area contributed by atoms with Crippen LogP contribution in [0.2, 0.25) is 0 Å². The monoisotopic (exact) mass is 324 g/mol. The maximum atomic E-state index is 12.7. The first kappa shape index (κ1) is 16.5. The lowest BCUT2D eigenvalue weighted by Crippen LogP contribution is -2.49. The molecule has 1 saturated heterocycles. The average Bonchev–Trinajstić information content (AvgIpc) is 2.62. The number of amides is 1. The van der Waals surface area contributed by atoms with E-state index in [4.69, 9.17) is 10.5 Å². The fourth-order valence-corrected chi connectivity index (χ4v) is 3.42. The number of hydrogen-bond acceptors (Lipinski definition) is 3. The van der Waals surface area contributed by atoms with Crippen molar-refractivity contribution >= 4 is 5.91 Å². The fourth-order valence-electron chi connectivity index (χ4n) is 3.42. The molecule has 0 radical (unpaired) electrons. The molecule has 1 fully saturated rings. The summed E-state index contributed by atoms with van der Waals surface area (Å²) >= 11 is 0. The number of methoxy groups -OCH3 is 1. The van der Waals surface area contributed by atoms with Crippen molar-refractivity contribution in [2.45, 2.75) is 18.9 Å². The second kappa shape index (κ2) is 7.49. The van der Waals surface area contributed by atoms with Gasteiger partial charge in [-0.05, 0) is 48.6 Å². The molecule has 2 unspecified atom stereocenters. The Kier molecular flexibility index (Phi) is 5.16. The Hall–Kier alpha value is -2.33. The molecule has 2 atom stereocenters. The van der Waals surface area contributed by atoms with E-state index < -0.39 is 0 Å². The molecule has 2 N–H and O–H groups in total. The Morgan fingerprint density at radius 2 is 1.83 bits per heavy atom. The van der Waals surface area contributed by atoms with Crippen LogP contribution in [0.15, 0.2) is 54.6 Å². The molecule has 2 aromatic carbocycles. The first-order valence-electron chi connectivity index (χ1n) is 8.38. The van der Waals surface area contributed by atoms with Crippen molar-refractivity contribution < 1.29 is 9.53 Å². The summed E-state index contributed by atoms with van der Waals surface area (Å²) in [6.45, 7) is 1.39. The molecule has 3 rings (SSSR count). The molecule has 0 aliphatic carbocycles. The third-order valence-corrected chi connectivity index (χ3v) is 4.56. The molecular formula is C20H24N2O2. The van der Waals surface area contributed by atoms with Gasteiger partial charge >= 0.3 is 0 Å². The van der Waals surface area contributed by atoms with E-state index in [1.54, 1.807) is 7.11 Å². The Labute approximate surface area is 143 Å². The van der Waals surface area contributed by atoms with E-state index in [2.05, 4.69) is 12.1 Å². The number of rotatable bonds is 4. The minimum atomic E-state index is 0.0367. The van der Waals surface area contributed by atoms with Crippen LogP contribution in [-0.4, -0.2) is 37.0 Å². The van der Waals surface area contributed by atoms with Crippen molar-refractivity contribution in [2.75, 3.05) is 20.2 Å². The lowest BCUT2D eigenvalue weighted by molar-refractivity contribution is 0.0649. The zero-order valence-corrected chi connectivity index (χ0v) is 14.0. The minimum absolute atomic E-state index is 0.0367. The number of ether oxygens (including phenoxy) is 1. The van der Waals surface area contributed by atoms with Crippen molar-refractivity contribution in [2.24, 2.45) is 11.7 Å². The van der Waals surface area contributed by atoms with Crippen LogP contribution >= 0.6 is 0 Å². The van der Waals surface area contributed by atoms with E-state index in [0.29, 0.717) is 12.5 Å². The third kappa shape index (κ3) is 3.95. The van der Waals surface area contributed by atoms with Gasteiger partial charge in [0.25, 0.3) is 5.91 Å². The quantitative estimate of drug-likeness (QED) is 0.941. The van der Waals surface area contributed by atoms with Gasteiger partial charge < -0.3 is 15.4 Å². The topological polar surface area (TPSA) is 55.6 Å². The summed E-state index contributed by atoms with van der Waals surface area (Å²) in [7, 11) is 1.67. The van der Waals surface area contributed by atoms with E-state index >= 15 is 0 Å². The summed E-state index contributed by atoms with van der Waals surface area (Å²) < 4.78 is 5.20. The average molecular weight is 324 g/mol. The highest BCUT2D eigenvalue weighted by Gasteiger charge is 2.28. The van der Waals surface area contributed by atoms with Gasteiger partial charge in [-0.2, -0.15) is 0 Å². The molecule has 1 aliphatic heterocycles. The Bertz CT molecular complexity index is 670. The smallest absolute Gasteiger partial charge is 0.253 e. The second-order valence-corrected chi connectivity index (χ2v) is 6.49. The second-order valence-electron chi connectivity index (χ2n) is 6.49. The molecule has 0 aromatic heterocycles. The van der Waals surface area contributed by atoms with Gasteiger partial charge in [0.05, 0.1) is 7.11 Å². The zero-order valence-electron chi connectivity index (χ0n) is 14.0. The SMILES string of the molecule is COc1ccc(CC2CC(N)CN(C(=O)c3ccccc3)C2)cc1. The predicted molar refractivity (Wildman–Crippen MR) is 95.1 cm³/mol. The number of piperidine rings is 1. The lowest BCUT2D eigenvalue weighted by atomic mass is 9.88. The number of likely N-dealkylation sites (tertiary alicyclic amines) is 1. The maximum absolute atomic E-state index is 12.7. The number of carbonyl (C=O) groups excluding carboxylic acids is 1. The number of benzene rings is 2. The standard InChI is InChI=1S/C20H24N2O2/c1-24-19-9-7-15(8-10-19)11-16-12-18(21)14-22(13-16)20(23)17-5-3-2-4-6-17/h2-10,16,18H,11-14,21H2,1H3. The third-order valence-electron chi connectivity index (χ3n) is 4.56. The van der Waals surface area contributed by atoms with Crippen LogP contribution in [0.25, 0.3) is 0 Å². The van der Waals surface area contributed by atoms with Crippen molar-refractivity contribution in [1.82, 2.24) is 4.90 Å². The summed E-state index contributed by atoms with van der Waals surface area (Å²) in [4.78, 5) is 14.6. The van der Waals surface area contributed by atoms with Crippen LogP contribution < -0.4 is 10.5 Å². The zero-order chi connectivity index (χ0) is 16.9. The van der Waals surface area contributed by atoms with E-state index in [9.17, 15) is 4.79 Å². The maximum Gasteiger partial charge on any atom is 0.253 e. The van der Waals surface area contributed by atoms with Gasteiger partial charge in [-0.1, -0.05) is 30.3 Å². The minimum Gasteiger partial charge on any atom is -0.497 e. The van der Waals surface area contributed by atoms with Gasteiger partial charge in [0.1, 0.15) is 5.75 Å². The Morgan fingerprint density at radius 1 is 1.12 bits per heavy atom. The highest BCUT2D eigenvalue weighted by molar-refractivity contribution is 5.94. The highest BCUT2D eigenvalue weighted by Crippen LogP contribution is 2.23. The van der Waals surface area contributed by atoms with Gasteiger partial charge in [0, 0.05) is 24.7 Å². The molecule has 24 heavy (non-hydrogen) atoms. The number of hydrogen-bond donors (Lipinski definition) is 1. The first-order chi connectivity index (χ1) is 11.7. The van der Waals surface area contributed by atoms with Crippen LogP contribution in [0.1, 0.15) is 22.3 Å². The molecule has 0 saturated carbocycles. The molecule has 0 bridgehead atoms. The van der Waals surface area contributed by atoms with Crippen LogP contribution in [0, 0.1) is 5.92 Å². The number of carbonyl (C=O) groups is 1. The van der Waals surface area contributed by atoms with Crippen molar-refractivity contribution in [3.63, 3.8) is 0 Å². The summed E-state index contributed by atoms with van der Waals surface area (Å²) in [5.41, 5.74) is 8.20. The van der Waals surface area contributed by atoms with Crippen LogP contribution in [0.3, 0.4) is 0 Å². The molecule has 126 valence electrons. The van der Waals surface area contributed by atoms with E-state index in [1.165, 1.54) is 5.56 Å². The van der Waals surface area contributed by atoms with Gasteiger partial charge in [0.2, 0.25) is 0 Å². The molecule has 1 aliphatic rings. The Morgan fingerprint density at radius 3 is 2.50 bits per heavy atom. The Balaban J connectivity index is 1.67. The van der Waals surface area contributed by atoms with Crippen LogP contribution in [-0.2, 0) is 6.42 Å². The largest absolute Gasteiger partial charge is 0.497 e. The number of nitrogens with two attached hydrogens (primary N) is 1. The normalized spacial score (nSPS) is 20.7. The highest BCUT2D eigenvalue weighted by atomic mass is 16.5. The summed E-state index contributed by atoms with van der Waals surface area (Å²) in [5, 5.41) is 0. The molecule has 2 aromatic rings. The van der Waals surface area contributed by atoms with Crippen LogP contribution in [0.5, 0.6) is 5.75 Å². The van der Waals surface area contributed by atoms with Gasteiger partial charge in [-0.25, -0.2) is 0 Å². The number of nitrogens with zero attached hydrogens (tertiary/aromatic N) is 1. The molecule has 4 heteroatoms. The van der Waals surface area contributed by atoms with Gasteiger partial charge in [0.15, 0.2) is 0 Å². The molecule has 4 nitrogen and oxygen atoms in total. The van der Waals surface area contributed by atoms with Crippen molar-refractivity contribution in [3.8, 4) is 5.75 Å². The van der Waals surface area contributed by atoms with Gasteiger partial charge in [-0.15, -0.1) is 0 Å². The summed E-state index contributed by atoms with van der Waals surface area (Å²) in [6.07, 6.45) is 1.88. The molecule has 1 amide bonds. The first-order valence-corrected chi connectivity index (χ1v) is 8.38. The van der Waals surface area contributed by atoms with Gasteiger partial charge in [-0.3, -0.25) is 4.79 Å². The van der Waals surface area contributed by atoms with E-state index in [0.717, 1.165) is 30.7 Å². The summed E-state index contributed by atoms with van der Waals surface area (Å²) in [6, 6.07) is 17.6.